The van der Waals surface area contributed by atoms with Crippen LogP contribution in [0.15, 0.2) is 158 Å². The highest BCUT2D eigenvalue weighted by Crippen LogP contribution is 2.53. The highest BCUT2D eigenvalue weighted by Gasteiger charge is 2.25. The Morgan fingerprint density at radius 1 is 0.227 bits per heavy atom. The molecule has 0 heteroatoms. The average Bonchev–Trinajstić information content (AvgIpc) is 3.37. The van der Waals surface area contributed by atoms with E-state index in [1.165, 1.54) is 216 Å². The lowest BCUT2D eigenvalue weighted by atomic mass is 9.77. The normalized spacial score (nSPS) is 11.6. The van der Waals surface area contributed by atoms with Gasteiger partial charge in [0.1, 0.15) is 0 Å². The third-order valence-corrected chi connectivity index (χ3v) is 14.4. The summed E-state index contributed by atoms with van der Waals surface area (Å²) in [5.74, 6) is 0. The van der Waals surface area contributed by atoms with Gasteiger partial charge in [-0.1, -0.05) is 287 Å². The standard InChI is InChI=1S/C66H76/c1-3-5-7-9-11-13-15-17-19-23-33-51-43-47-55(48-44-51)63-59-41-31-29-39-57(59)62(54-37-27-22-28-38-54)66-64(60-42-32-30-40-58(60)61(65(63)66)53-35-25-21-26-36-53)56-49-45-52(46-50-56)34-24-20-18-16-14-12-10-8-6-4-2/h21-22,25-32,35-50H,3-20,23-24,33-34H2,1-2H3. The van der Waals surface area contributed by atoms with Crippen LogP contribution >= 0.6 is 0 Å². The van der Waals surface area contributed by atoms with Crippen molar-refractivity contribution >= 4 is 32.3 Å². The molecule has 66 heavy (non-hydrogen) atoms. The lowest BCUT2D eigenvalue weighted by molar-refractivity contribution is 0.556. The van der Waals surface area contributed by atoms with Crippen molar-refractivity contribution in [3.05, 3.63) is 169 Å². The second-order valence-electron chi connectivity index (χ2n) is 19.3. The Morgan fingerprint density at radius 2 is 0.470 bits per heavy atom. The number of benzene rings is 8. The molecule has 340 valence electrons. The van der Waals surface area contributed by atoms with Gasteiger partial charge in [0, 0.05) is 0 Å². The van der Waals surface area contributed by atoms with E-state index < -0.39 is 0 Å². The Morgan fingerprint density at radius 3 is 0.758 bits per heavy atom. The van der Waals surface area contributed by atoms with Crippen LogP contribution in [0.25, 0.3) is 76.8 Å². The summed E-state index contributed by atoms with van der Waals surface area (Å²) in [6, 6.07) is 60.3. The van der Waals surface area contributed by atoms with Crippen molar-refractivity contribution < 1.29 is 0 Å². The summed E-state index contributed by atoms with van der Waals surface area (Å²) in [6.07, 6.45) is 29.7. The van der Waals surface area contributed by atoms with Crippen LogP contribution in [0.1, 0.15) is 153 Å². The van der Waals surface area contributed by atoms with E-state index in [2.05, 4.69) is 172 Å². The second-order valence-corrected chi connectivity index (χ2v) is 19.3. The quantitative estimate of drug-likeness (QED) is 0.0376. The molecule has 0 aliphatic carbocycles. The van der Waals surface area contributed by atoms with E-state index in [1.54, 1.807) is 0 Å². The molecule has 0 nitrogen and oxygen atoms in total. The number of rotatable bonds is 26. The first-order chi connectivity index (χ1) is 32.8. The molecule has 0 atom stereocenters. The molecule has 8 aromatic carbocycles. The molecule has 0 spiro atoms. The first kappa shape index (κ1) is 47.0. The molecular formula is C66H76. The molecule has 8 aromatic rings. The predicted molar refractivity (Wildman–Crippen MR) is 292 cm³/mol. The van der Waals surface area contributed by atoms with E-state index >= 15 is 0 Å². The van der Waals surface area contributed by atoms with Crippen LogP contribution in [-0.4, -0.2) is 0 Å². The first-order valence-electron chi connectivity index (χ1n) is 26.5. The Bertz CT molecular complexity index is 2490. The SMILES string of the molecule is CCCCCCCCCCCCc1ccc(-c2c3ccccc3c(-c3ccccc3)c3c(-c4ccc(CCCCCCCCCCCC)cc4)c4ccccc4c(-c4ccccc4)c23)cc1. The molecule has 0 N–H and O–H groups in total. The van der Waals surface area contributed by atoms with Crippen LogP contribution in [0.2, 0.25) is 0 Å². The van der Waals surface area contributed by atoms with E-state index in [9.17, 15) is 0 Å². The van der Waals surface area contributed by atoms with Crippen molar-refractivity contribution in [1.82, 2.24) is 0 Å². The molecule has 0 amide bonds. The summed E-state index contributed by atoms with van der Waals surface area (Å²) in [5, 5.41) is 7.88. The Kier molecular flexibility index (Phi) is 17.7. The van der Waals surface area contributed by atoms with Crippen molar-refractivity contribution in [2.75, 3.05) is 0 Å². The number of hydrogen-bond acceptors (Lipinski definition) is 0. The van der Waals surface area contributed by atoms with E-state index in [-0.39, 0.29) is 0 Å². The van der Waals surface area contributed by atoms with Gasteiger partial charge < -0.3 is 0 Å². The highest BCUT2D eigenvalue weighted by atomic mass is 14.3. The summed E-state index contributed by atoms with van der Waals surface area (Å²) in [7, 11) is 0. The molecular weight excluding hydrogens is 793 g/mol. The summed E-state index contributed by atoms with van der Waals surface area (Å²) in [4.78, 5) is 0. The zero-order valence-electron chi connectivity index (χ0n) is 40.6. The topological polar surface area (TPSA) is 0 Å². The van der Waals surface area contributed by atoms with Crippen molar-refractivity contribution in [3.8, 4) is 44.5 Å². The highest BCUT2D eigenvalue weighted by molar-refractivity contribution is 6.33. The molecule has 0 radical (unpaired) electrons. The van der Waals surface area contributed by atoms with Gasteiger partial charge in [0.05, 0.1) is 0 Å². The number of aryl methyl sites for hydroxylation is 2. The van der Waals surface area contributed by atoms with Crippen molar-refractivity contribution in [3.63, 3.8) is 0 Å². The molecule has 0 heterocycles. The molecule has 0 saturated carbocycles. The maximum atomic E-state index is 2.43. The monoisotopic (exact) mass is 869 g/mol. The van der Waals surface area contributed by atoms with Gasteiger partial charge in [-0.3, -0.25) is 0 Å². The van der Waals surface area contributed by atoms with Crippen molar-refractivity contribution in [2.24, 2.45) is 0 Å². The van der Waals surface area contributed by atoms with E-state index in [1.807, 2.05) is 0 Å². The van der Waals surface area contributed by atoms with Gasteiger partial charge in [0.2, 0.25) is 0 Å². The molecule has 0 unspecified atom stereocenters. The third kappa shape index (κ3) is 11.7. The maximum Gasteiger partial charge on any atom is -0.000139 e. The number of fused-ring (bicyclic) bond motifs is 3. The van der Waals surface area contributed by atoms with Crippen LogP contribution < -0.4 is 0 Å². The van der Waals surface area contributed by atoms with Gasteiger partial charge in [-0.25, -0.2) is 0 Å². The number of hydrogen-bond donors (Lipinski definition) is 0. The van der Waals surface area contributed by atoms with Crippen LogP contribution in [0.3, 0.4) is 0 Å². The van der Waals surface area contributed by atoms with Gasteiger partial charge in [-0.15, -0.1) is 0 Å². The van der Waals surface area contributed by atoms with Gasteiger partial charge in [0.15, 0.2) is 0 Å². The molecule has 0 saturated heterocycles. The van der Waals surface area contributed by atoms with E-state index in [0.29, 0.717) is 0 Å². The van der Waals surface area contributed by atoms with Crippen LogP contribution in [0.5, 0.6) is 0 Å². The van der Waals surface area contributed by atoms with Crippen molar-refractivity contribution in [1.29, 1.82) is 0 Å². The lowest BCUT2D eigenvalue weighted by Crippen LogP contribution is -1.98. The average molecular weight is 869 g/mol. The molecule has 0 aromatic heterocycles. The Labute approximate surface area is 398 Å². The minimum atomic E-state index is 1.14. The molecule has 0 aliphatic rings. The zero-order chi connectivity index (χ0) is 45.2. The predicted octanol–water partition coefficient (Wildman–Crippen LogP) is 20.7. The Hall–Kier alpha value is -5.46. The summed E-state index contributed by atoms with van der Waals surface area (Å²) in [5.41, 5.74) is 13.3. The third-order valence-electron chi connectivity index (χ3n) is 14.4. The fourth-order valence-electron chi connectivity index (χ4n) is 10.8. The van der Waals surface area contributed by atoms with Gasteiger partial charge in [-0.05, 0) is 114 Å². The number of unbranched alkanes of at least 4 members (excludes halogenated alkanes) is 18. The molecule has 8 rings (SSSR count). The second kappa shape index (κ2) is 24.9. The maximum absolute atomic E-state index is 2.43. The zero-order valence-corrected chi connectivity index (χ0v) is 40.6. The fourth-order valence-corrected chi connectivity index (χ4v) is 10.8. The lowest BCUT2D eigenvalue weighted by Gasteiger charge is -2.25. The summed E-state index contributed by atoms with van der Waals surface area (Å²) in [6.45, 7) is 4.61. The summed E-state index contributed by atoms with van der Waals surface area (Å²) < 4.78 is 0. The van der Waals surface area contributed by atoms with Gasteiger partial charge in [0.25, 0.3) is 0 Å². The van der Waals surface area contributed by atoms with Crippen molar-refractivity contribution in [2.45, 2.75) is 155 Å². The molecule has 0 fully saturated rings. The molecule has 0 bridgehead atoms. The van der Waals surface area contributed by atoms with E-state index in [0.717, 1.165) is 12.8 Å². The molecule has 0 aliphatic heterocycles. The fraction of sp³-hybridized carbons (Fsp3) is 0.364. The van der Waals surface area contributed by atoms with Gasteiger partial charge >= 0.3 is 0 Å². The smallest absolute Gasteiger partial charge is 0.000139 e. The van der Waals surface area contributed by atoms with Crippen LogP contribution in [-0.2, 0) is 12.8 Å². The largest absolute Gasteiger partial charge is 0.0654 e. The Balaban J connectivity index is 1.20. The minimum absolute atomic E-state index is 1.14. The minimum Gasteiger partial charge on any atom is -0.0654 e. The van der Waals surface area contributed by atoms with E-state index in [4.69, 9.17) is 0 Å². The van der Waals surface area contributed by atoms with Crippen LogP contribution in [0.4, 0.5) is 0 Å². The van der Waals surface area contributed by atoms with Crippen LogP contribution in [0, 0.1) is 0 Å². The van der Waals surface area contributed by atoms with Gasteiger partial charge in [-0.2, -0.15) is 0 Å². The summed E-state index contributed by atoms with van der Waals surface area (Å²) >= 11 is 0. The first-order valence-corrected chi connectivity index (χ1v) is 26.5.